The molecule has 5 atom stereocenters. The second-order valence-corrected chi connectivity index (χ2v) is 11.2. The number of fused-ring (bicyclic) bond motifs is 1. The molecule has 0 saturated carbocycles. The van der Waals surface area contributed by atoms with Gasteiger partial charge in [0.25, 0.3) is 0 Å². The van der Waals surface area contributed by atoms with E-state index in [4.69, 9.17) is 11.6 Å². The Morgan fingerprint density at radius 2 is 2.06 bits per heavy atom. The van der Waals surface area contributed by atoms with Gasteiger partial charge in [-0.25, -0.2) is 0 Å². The molecule has 1 spiro atoms. The number of hydrogen-bond acceptors (Lipinski definition) is 5. The van der Waals surface area contributed by atoms with E-state index >= 15 is 0 Å². The molecule has 3 heterocycles. The van der Waals surface area contributed by atoms with E-state index in [-0.39, 0.29) is 35.6 Å². The molecule has 1 aromatic rings. The van der Waals surface area contributed by atoms with Crippen LogP contribution < -0.4 is 10.6 Å². The Morgan fingerprint density at radius 3 is 2.71 bits per heavy atom. The van der Waals surface area contributed by atoms with Gasteiger partial charge >= 0.3 is 0 Å². The fourth-order valence-electron chi connectivity index (χ4n) is 5.75. The maximum atomic E-state index is 13.7. The number of thioether (sulfide) groups is 1. The summed E-state index contributed by atoms with van der Waals surface area (Å²) in [7, 11) is 1.59. The molecule has 9 heteroatoms. The van der Waals surface area contributed by atoms with Crippen molar-refractivity contribution in [2.45, 2.75) is 48.6 Å². The molecule has 2 bridgehead atoms. The standard InChI is InChI=1S/C22H28ClN3O4S/c1-12-6-4-7-13(23)16(12)25-19(29)17-22-9-8-21(2,31-22)14(18(28)24-3)15(22)20(30)26(17)10-5-11-27/h4,6-7,14-15,17,27H,5,8-11H2,1-3H3,(H,24,28)(H,25,29)/t14-,15+,17?,21+,22?/m1/s1. The quantitative estimate of drug-likeness (QED) is 0.598. The van der Waals surface area contributed by atoms with Crippen LogP contribution in [-0.2, 0) is 14.4 Å². The monoisotopic (exact) mass is 465 g/mol. The minimum Gasteiger partial charge on any atom is -0.396 e. The summed E-state index contributed by atoms with van der Waals surface area (Å²) in [5, 5.41) is 15.5. The van der Waals surface area contributed by atoms with Crippen molar-refractivity contribution in [3.63, 3.8) is 0 Å². The lowest BCUT2D eigenvalue weighted by atomic mass is 9.66. The number of rotatable bonds is 6. The van der Waals surface area contributed by atoms with Crippen LogP contribution in [0.15, 0.2) is 18.2 Å². The van der Waals surface area contributed by atoms with Crippen LogP contribution in [0.5, 0.6) is 0 Å². The number of benzene rings is 1. The maximum absolute atomic E-state index is 13.7. The second-order valence-electron chi connectivity index (χ2n) is 8.87. The van der Waals surface area contributed by atoms with Crippen LogP contribution in [-0.4, -0.2) is 63.5 Å². The Balaban J connectivity index is 1.75. The van der Waals surface area contributed by atoms with Gasteiger partial charge in [-0.3, -0.25) is 14.4 Å². The number of halogens is 1. The van der Waals surface area contributed by atoms with Gasteiger partial charge in [-0.05, 0) is 44.7 Å². The molecule has 0 radical (unpaired) electrons. The molecule has 168 valence electrons. The zero-order valence-corrected chi connectivity index (χ0v) is 19.5. The Hall–Kier alpha value is -1.77. The molecular formula is C22H28ClN3O4S. The van der Waals surface area contributed by atoms with Crippen LogP contribution >= 0.6 is 23.4 Å². The number of carbonyl (C=O) groups is 3. The molecule has 3 N–H and O–H groups in total. The predicted octanol–water partition coefficient (Wildman–Crippen LogP) is 2.20. The van der Waals surface area contributed by atoms with Crippen molar-refractivity contribution in [2.75, 3.05) is 25.5 Å². The van der Waals surface area contributed by atoms with Gasteiger partial charge in [-0.1, -0.05) is 23.7 Å². The third-order valence-electron chi connectivity index (χ3n) is 7.08. The van der Waals surface area contributed by atoms with Gasteiger partial charge in [-0.2, -0.15) is 0 Å². The van der Waals surface area contributed by atoms with Gasteiger partial charge in [0.1, 0.15) is 6.04 Å². The van der Waals surface area contributed by atoms with E-state index in [1.165, 1.54) is 0 Å². The third kappa shape index (κ3) is 3.26. The molecule has 3 saturated heterocycles. The molecular weight excluding hydrogens is 438 g/mol. The van der Waals surface area contributed by atoms with E-state index in [2.05, 4.69) is 10.6 Å². The topological polar surface area (TPSA) is 98.7 Å². The van der Waals surface area contributed by atoms with Crippen LogP contribution in [0.25, 0.3) is 0 Å². The number of amides is 3. The Morgan fingerprint density at radius 1 is 1.32 bits per heavy atom. The first-order chi connectivity index (χ1) is 14.7. The molecule has 4 rings (SSSR count). The molecule has 31 heavy (non-hydrogen) atoms. The summed E-state index contributed by atoms with van der Waals surface area (Å²) in [5.41, 5.74) is 1.37. The maximum Gasteiger partial charge on any atom is 0.248 e. The number of hydrogen-bond donors (Lipinski definition) is 3. The first-order valence-corrected chi connectivity index (χ1v) is 11.8. The number of nitrogens with zero attached hydrogens (tertiary/aromatic N) is 1. The molecule has 3 amide bonds. The smallest absolute Gasteiger partial charge is 0.248 e. The zero-order valence-electron chi connectivity index (χ0n) is 17.9. The zero-order chi connectivity index (χ0) is 22.6. The average Bonchev–Trinajstić information content (AvgIpc) is 3.29. The summed E-state index contributed by atoms with van der Waals surface area (Å²) in [4.78, 5) is 41.7. The Labute approximate surface area is 191 Å². The van der Waals surface area contributed by atoms with E-state index in [9.17, 15) is 19.5 Å². The Kier molecular flexibility index (Phi) is 5.77. The molecule has 0 aromatic heterocycles. The van der Waals surface area contributed by atoms with Crippen molar-refractivity contribution in [1.82, 2.24) is 10.2 Å². The first kappa shape index (κ1) is 22.4. The number of carbonyl (C=O) groups excluding carboxylic acids is 3. The highest BCUT2D eigenvalue weighted by atomic mass is 35.5. The number of aryl methyl sites for hydroxylation is 1. The highest BCUT2D eigenvalue weighted by Crippen LogP contribution is 2.71. The van der Waals surface area contributed by atoms with Gasteiger partial charge in [0.15, 0.2) is 0 Å². The van der Waals surface area contributed by atoms with Crippen molar-refractivity contribution >= 4 is 46.8 Å². The minimum absolute atomic E-state index is 0.0802. The highest BCUT2D eigenvalue weighted by Gasteiger charge is 2.76. The van der Waals surface area contributed by atoms with Gasteiger partial charge in [0.05, 0.1) is 27.3 Å². The van der Waals surface area contributed by atoms with Crippen LogP contribution in [0.4, 0.5) is 5.69 Å². The van der Waals surface area contributed by atoms with Crippen LogP contribution in [0.3, 0.4) is 0 Å². The molecule has 3 fully saturated rings. The lowest BCUT2D eigenvalue weighted by molar-refractivity contribution is -0.140. The van der Waals surface area contributed by atoms with E-state index < -0.39 is 22.6 Å². The number of nitrogens with one attached hydrogen (secondary N) is 2. The second kappa shape index (κ2) is 7.98. The molecule has 3 aliphatic heterocycles. The van der Waals surface area contributed by atoms with Crippen molar-refractivity contribution in [2.24, 2.45) is 11.8 Å². The van der Waals surface area contributed by atoms with Crippen LogP contribution in [0.1, 0.15) is 31.7 Å². The number of aliphatic hydroxyl groups is 1. The fourth-order valence-corrected chi connectivity index (χ4v) is 8.37. The van der Waals surface area contributed by atoms with E-state index in [1.54, 1.807) is 29.8 Å². The summed E-state index contributed by atoms with van der Waals surface area (Å²) in [6, 6.07) is 4.67. The van der Waals surface area contributed by atoms with E-state index in [1.807, 2.05) is 26.0 Å². The van der Waals surface area contributed by atoms with Crippen LogP contribution in [0.2, 0.25) is 5.02 Å². The summed E-state index contributed by atoms with van der Waals surface area (Å²) in [6.07, 6.45) is 1.82. The minimum atomic E-state index is -0.728. The average molecular weight is 466 g/mol. The molecule has 0 aliphatic carbocycles. The molecule has 3 aliphatic rings. The normalized spacial score (nSPS) is 33.5. The molecule has 2 unspecified atom stereocenters. The Bertz CT molecular complexity index is 923. The van der Waals surface area contributed by atoms with Gasteiger partial charge in [0.2, 0.25) is 17.7 Å². The number of para-hydroxylation sites is 1. The largest absolute Gasteiger partial charge is 0.396 e. The van der Waals surface area contributed by atoms with Crippen molar-refractivity contribution < 1.29 is 19.5 Å². The van der Waals surface area contributed by atoms with Crippen molar-refractivity contribution in [3.8, 4) is 0 Å². The number of likely N-dealkylation sites (tertiary alicyclic amines) is 1. The van der Waals surface area contributed by atoms with E-state index in [0.29, 0.717) is 23.6 Å². The number of anilines is 1. The lowest BCUT2D eigenvalue weighted by Gasteiger charge is -2.34. The van der Waals surface area contributed by atoms with Crippen LogP contribution in [0, 0.1) is 18.8 Å². The molecule has 1 aromatic carbocycles. The fraction of sp³-hybridized carbons (Fsp3) is 0.591. The van der Waals surface area contributed by atoms with Gasteiger partial charge in [-0.15, -0.1) is 11.8 Å². The summed E-state index contributed by atoms with van der Waals surface area (Å²) in [5.74, 6) is -1.66. The highest BCUT2D eigenvalue weighted by molar-refractivity contribution is 8.02. The summed E-state index contributed by atoms with van der Waals surface area (Å²) in [6.45, 7) is 4.09. The number of aliphatic hydroxyl groups excluding tert-OH is 1. The lowest BCUT2D eigenvalue weighted by Crippen LogP contribution is -2.52. The van der Waals surface area contributed by atoms with Crippen molar-refractivity contribution in [1.29, 1.82) is 0 Å². The molecule has 7 nitrogen and oxygen atoms in total. The summed E-state index contributed by atoms with van der Waals surface area (Å²) < 4.78 is -1.06. The SMILES string of the molecule is CNC(=O)[C@H]1[C@H]2C(=O)N(CCCO)C(C(=O)Nc3c(C)cccc3Cl)C23CC[C@]1(C)S3. The predicted molar refractivity (Wildman–Crippen MR) is 121 cm³/mol. The van der Waals surface area contributed by atoms with Gasteiger partial charge in [0, 0.05) is 24.9 Å². The third-order valence-corrected chi connectivity index (χ3v) is 9.38. The summed E-state index contributed by atoms with van der Waals surface area (Å²) >= 11 is 7.96. The van der Waals surface area contributed by atoms with E-state index in [0.717, 1.165) is 12.0 Å². The van der Waals surface area contributed by atoms with Crippen molar-refractivity contribution in [3.05, 3.63) is 28.8 Å². The first-order valence-electron chi connectivity index (χ1n) is 10.6. The van der Waals surface area contributed by atoms with Gasteiger partial charge < -0.3 is 20.6 Å².